The smallest absolute Gasteiger partial charge is 0.475 e. The number of carbonyl (C=O) groups is 2. The lowest BCUT2D eigenvalue weighted by atomic mass is 10.3. The van der Waals surface area contributed by atoms with Gasteiger partial charge in [-0.25, -0.2) is 4.79 Å². The van der Waals surface area contributed by atoms with Crippen LogP contribution < -0.4 is 0 Å². The summed E-state index contributed by atoms with van der Waals surface area (Å²) in [7, 11) is 0. The van der Waals surface area contributed by atoms with Crippen LogP contribution in [0.25, 0.3) is 0 Å². The first-order chi connectivity index (χ1) is 14.7. The fraction of sp³-hybridized carbons (Fsp3) is 0.450. The van der Waals surface area contributed by atoms with Crippen LogP contribution in [0.1, 0.15) is 18.2 Å². The molecule has 0 aromatic carbocycles. The number of nitrogens with zero attached hydrogens (tertiary/aromatic N) is 3. The highest BCUT2D eigenvalue weighted by Crippen LogP contribution is 2.17. The predicted molar refractivity (Wildman–Crippen MR) is 103 cm³/mol. The van der Waals surface area contributed by atoms with E-state index in [0.29, 0.717) is 26.3 Å². The molecule has 0 fully saturated rings. The Labute approximate surface area is 177 Å². The van der Waals surface area contributed by atoms with Gasteiger partial charge in [-0.3, -0.25) is 9.78 Å². The van der Waals surface area contributed by atoms with Gasteiger partial charge >= 0.3 is 12.1 Å². The Hall–Kier alpha value is -2.92. The van der Waals surface area contributed by atoms with Crippen molar-refractivity contribution >= 4 is 11.9 Å². The van der Waals surface area contributed by atoms with Crippen LogP contribution >= 0.6 is 0 Å². The first-order valence-corrected chi connectivity index (χ1v) is 9.50. The monoisotopic (exact) mass is 443 g/mol. The molecule has 1 amide bonds. The quantitative estimate of drug-likeness (QED) is 0.737. The molecule has 170 valence electrons. The number of ether oxygens (including phenoxy) is 2. The fourth-order valence-electron chi connectivity index (χ4n) is 2.83. The second-order valence-electron chi connectivity index (χ2n) is 6.66. The maximum Gasteiger partial charge on any atom is 0.490 e. The fourth-order valence-corrected chi connectivity index (χ4v) is 2.83. The standard InChI is InChI=1S/C18H23N3O3.C2HF3O2/c1-2-23-14-18(22)21-10-16-6-4-8-20(16)11-17(12-21)24-13-15-5-3-7-19-9-15;3-2(4,5)1(6)7/h3-9,17H,2,10-14H2,1H3;(H,6,7). The van der Waals surface area contributed by atoms with E-state index in [1.54, 1.807) is 12.4 Å². The zero-order valence-electron chi connectivity index (χ0n) is 16.9. The molecule has 0 saturated heterocycles. The summed E-state index contributed by atoms with van der Waals surface area (Å²) in [4.78, 5) is 27.2. The number of hydrogen-bond acceptors (Lipinski definition) is 5. The number of aromatic nitrogens is 2. The summed E-state index contributed by atoms with van der Waals surface area (Å²) in [5.74, 6) is -2.76. The summed E-state index contributed by atoms with van der Waals surface area (Å²) < 4.78 is 45.2. The van der Waals surface area contributed by atoms with E-state index in [0.717, 1.165) is 17.8 Å². The number of hydrogen-bond donors (Lipinski definition) is 1. The lowest BCUT2D eigenvalue weighted by Crippen LogP contribution is -2.39. The van der Waals surface area contributed by atoms with Crippen LogP contribution in [0.15, 0.2) is 42.9 Å². The van der Waals surface area contributed by atoms with Gasteiger partial charge in [-0.15, -0.1) is 0 Å². The van der Waals surface area contributed by atoms with Gasteiger partial charge in [0.1, 0.15) is 6.61 Å². The molecular weight excluding hydrogens is 419 g/mol. The third kappa shape index (κ3) is 8.02. The molecule has 0 spiro atoms. The Kier molecular flexibility index (Phi) is 9.01. The number of amides is 1. The van der Waals surface area contributed by atoms with Crippen LogP contribution in [0.4, 0.5) is 13.2 Å². The van der Waals surface area contributed by atoms with Crippen LogP contribution in [0.3, 0.4) is 0 Å². The van der Waals surface area contributed by atoms with E-state index in [1.165, 1.54) is 0 Å². The van der Waals surface area contributed by atoms with Crippen LogP contribution in [-0.2, 0) is 38.8 Å². The van der Waals surface area contributed by atoms with Crippen molar-refractivity contribution in [3.05, 3.63) is 54.1 Å². The normalized spacial score (nSPS) is 16.0. The SMILES string of the molecule is CCOCC(=O)N1Cc2cccn2CC(OCc2cccnc2)C1.O=C(O)C(F)(F)F. The minimum Gasteiger partial charge on any atom is -0.475 e. The van der Waals surface area contributed by atoms with E-state index < -0.39 is 12.1 Å². The van der Waals surface area contributed by atoms with E-state index in [4.69, 9.17) is 19.4 Å². The van der Waals surface area contributed by atoms with Crippen molar-refractivity contribution in [3.63, 3.8) is 0 Å². The van der Waals surface area contributed by atoms with E-state index in [2.05, 4.69) is 9.55 Å². The summed E-state index contributed by atoms with van der Waals surface area (Å²) in [6, 6.07) is 7.94. The number of carboxylic acid groups (broad SMARTS) is 1. The first kappa shape index (κ1) is 24.4. The molecule has 1 aliphatic heterocycles. The summed E-state index contributed by atoms with van der Waals surface area (Å²) in [5.41, 5.74) is 2.15. The van der Waals surface area contributed by atoms with Gasteiger partial charge in [-0.05, 0) is 30.7 Å². The Morgan fingerprint density at radius 1 is 1.26 bits per heavy atom. The Balaban J connectivity index is 0.000000423. The number of aliphatic carboxylic acids is 1. The highest BCUT2D eigenvalue weighted by atomic mass is 19.4. The minimum absolute atomic E-state index is 0.00137. The molecule has 1 atom stereocenters. The molecule has 2 aromatic heterocycles. The van der Waals surface area contributed by atoms with E-state index in [-0.39, 0.29) is 18.6 Å². The van der Waals surface area contributed by atoms with Crippen LogP contribution in [-0.4, -0.2) is 63.5 Å². The van der Waals surface area contributed by atoms with E-state index in [9.17, 15) is 18.0 Å². The van der Waals surface area contributed by atoms with Gasteiger partial charge in [0.25, 0.3) is 0 Å². The van der Waals surface area contributed by atoms with Crippen LogP contribution in [0.5, 0.6) is 0 Å². The van der Waals surface area contributed by atoms with Gasteiger partial charge in [0.2, 0.25) is 5.91 Å². The maximum atomic E-state index is 12.4. The second-order valence-corrected chi connectivity index (χ2v) is 6.66. The maximum absolute atomic E-state index is 12.4. The minimum atomic E-state index is -5.08. The number of fused-ring (bicyclic) bond motifs is 1. The molecule has 11 heteroatoms. The molecule has 0 saturated carbocycles. The zero-order valence-corrected chi connectivity index (χ0v) is 16.9. The Bertz CT molecular complexity index is 842. The van der Waals surface area contributed by atoms with Crippen LogP contribution in [0.2, 0.25) is 0 Å². The van der Waals surface area contributed by atoms with Crippen molar-refractivity contribution in [3.8, 4) is 0 Å². The highest BCUT2D eigenvalue weighted by molar-refractivity contribution is 5.77. The molecule has 1 aliphatic rings. The van der Waals surface area contributed by atoms with Gasteiger partial charge in [-0.2, -0.15) is 13.2 Å². The average molecular weight is 443 g/mol. The van der Waals surface area contributed by atoms with Gasteiger partial charge < -0.3 is 24.0 Å². The molecular formula is C20H24F3N3O5. The lowest BCUT2D eigenvalue weighted by Gasteiger charge is -2.24. The second kappa shape index (κ2) is 11.5. The van der Waals surface area contributed by atoms with Crippen molar-refractivity contribution in [1.82, 2.24) is 14.5 Å². The topological polar surface area (TPSA) is 93.9 Å². The Morgan fingerprint density at radius 2 is 2.00 bits per heavy atom. The predicted octanol–water partition coefficient (Wildman–Crippen LogP) is 2.48. The molecule has 0 bridgehead atoms. The van der Waals surface area contributed by atoms with Crippen LogP contribution in [0, 0.1) is 0 Å². The third-order valence-corrected chi connectivity index (χ3v) is 4.33. The van der Waals surface area contributed by atoms with Crippen molar-refractivity contribution in [2.75, 3.05) is 19.8 Å². The summed E-state index contributed by atoms with van der Waals surface area (Å²) >= 11 is 0. The third-order valence-electron chi connectivity index (χ3n) is 4.33. The van der Waals surface area contributed by atoms with E-state index >= 15 is 0 Å². The van der Waals surface area contributed by atoms with Crippen molar-refractivity contribution < 1.29 is 37.3 Å². The zero-order chi connectivity index (χ0) is 22.9. The molecule has 1 unspecified atom stereocenters. The molecule has 0 radical (unpaired) electrons. The van der Waals surface area contributed by atoms with Crippen molar-refractivity contribution in [2.45, 2.75) is 38.9 Å². The molecule has 2 aromatic rings. The van der Waals surface area contributed by atoms with Gasteiger partial charge in [0, 0.05) is 37.4 Å². The lowest BCUT2D eigenvalue weighted by molar-refractivity contribution is -0.192. The number of rotatable bonds is 6. The molecule has 3 heterocycles. The summed E-state index contributed by atoms with van der Waals surface area (Å²) in [6.07, 6.45) is 0.432. The average Bonchev–Trinajstić information content (AvgIpc) is 3.08. The van der Waals surface area contributed by atoms with Gasteiger partial charge in [-0.1, -0.05) is 6.07 Å². The molecule has 31 heavy (non-hydrogen) atoms. The Morgan fingerprint density at radius 3 is 2.61 bits per heavy atom. The number of alkyl halides is 3. The number of carbonyl (C=O) groups excluding carboxylic acids is 1. The summed E-state index contributed by atoms with van der Waals surface area (Å²) in [5, 5.41) is 7.12. The highest BCUT2D eigenvalue weighted by Gasteiger charge is 2.38. The number of carboxylic acids is 1. The number of pyridine rings is 1. The van der Waals surface area contributed by atoms with Crippen molar-refractivity contribution in [1.29, 1.82) is 0 Å². The summed E-state index contributed by atoms with van der Waals surface area (Å²) in [6.45, 7) is 4.92. The molecule has 0 aliphatic carbocycles. The first-order valence-electron chi connectivity index (χ1n) is 9.50. The molecule has 3 rings (SSSR count). The molecule has 1 N–H and O–H groups in total. The molecule has 8 nitrogen and oxygen atoms in total. The largest absolute Gasteiger partial charge is 0.490 e. The van der Waals surface area contributed by atoms with Gasteiger partial charge in [0.15, 0.2) is 0 Å². The van der Waals surface area contributed by atoms with Gasteiger partial charge in [0.05, 0.1) is 25.8 Å². The number of halogens is 3. The van der Waals surface area contributed by atoms with Crippen molar-refractivity contribution in [2.24, 2.45) is 0 Å². The van der Waals surface area contributed by atoms with E-state index in [1.807, 2.05) is 42.3 Å².